The lowest BCUT2D eigenvalue weighted by molar-refractivity contribution is 0.309. The molecule has 0 bridgehead atoms. The third kappa shape index (κ3) is 5.84. The van der Waals surface area contributed by atoms with Gasteiger partial charge in [-0.2, -0.15) is 8.42 Å². The van der Waals surface area contributed by atoms with Crippen LogP contribution in [0.4, 0.5) is 0 Å². The average molecular weight is 270 g/mol. The van der Waals surface area contributed by atoms with Crippen LogP contribution in [0.25, 0.3) is 5.57 Å². The fourth-order valence-electron chi connectivity index (χ4n) is 1.41. The molecule has 0 amide bonds. The zero-order valence-electron chi connectivity index (χ0n) is 10.4. The predicted molar refractivity (Wildman–Crippen MR) is 72.3 cm³/mol. The summed E-state index contributed by atoms with van der Waals surface area (Å²) in [6.45, 7) is 6.21. The quantitative estimate of drug-likeness (QED) is 0.611. The summed E-state index contributed by atoms with van der Waals surface area (Å²) in [6, 6.07) is 7.56. The van der Waals surface area contributed by atoms with Crippen molar-refractivity contribution in [2.75, 3.05) is 12.4 Å². The number of hydrogen-bond acceptors (Lipinski definition) is 3. The molecule has 18 heavy (non-hydrogen) atoms. The first kappa shape index (κ1) is 14.7. The maximum atomic E-state index is 10.5. The van der Waals surface area contributed by atoms with Crippen molar-refractivity contribution in [1.29, 1.82) is 0 Å². The van der Waals surface area contributed by atoms with Gasteiger partial charge in [-0.1, -0.05) is 24.3 Å². The van der Waals surface area contributed by atoms with E-state index in [0.29, 0.717) is 19.4 Å². The van der Waals surface area contributed by atoms with Crippen molar-refractivity contribution in [2.24, 2.45) is 0 Å². The van der Waals surface area contributed by atoms with Crippen LogP contribution in [0.2, 0.25) is 0 Å². The van der Waals surface area contributed by atoms with Gasteiger partial charge in [-0.15, -0.1) is 0 Å². The zero-order chi connectivity index (χ0) is 13.6. The van der Waals surface area contributed by atoms with Crippen LogP contribution in [0.1, 0.15) is 25.3 Å². The molecule has 1 aromatic carbocycles. The van der Waals surface area contributed by atoms with Crippen LogP contribution in [0, 0.1) is 0 Å². The van der Waals surface area contributed by atoms with Crippen molar-refractivity contribution in [3.05, 3.63) is 36.4 Å². The van der Waals surface area contributed by atoms with Crippen LogP contribution >= 0.6 is 0 Å². The highest BCUT2D eigenvalue weighted by Gasteiger charge is 2.03. The zero-order valence-corrected chi connectivity index (χ0v) is 11.2. The van der Waals surface area contributed by atoms with E-state index in [2.05, 4.69) is 6.58 Å². The molecule has 0 aromatic heterocycles. The molecule has 0 spiro atoms. The molecule has 0 heterocycles. The molecule has 0 saturated carbocycles. The molecular formula is C13H18O4S. The van der Waals surface area contributed by atoms with Gasteiger partial charge in [-0.25, -0.2) is 0 Å². The molecule has 0 atom stereocenters. The lowest BCUT2D eigenvalue weighted by Gasteiger charge is -2.06. The summed E-state index contributed by atoms with van der Waals surface area (Å²) in [5.41, 5.74) is 2.06. The Morgan fingerprint density at radius 1 is 1.28 bits per heavy atom. The van der Waals surface area contributed by atoms with E-state index in [9.17, 15) is 8.42 Å². The molecule has 0 aliphatic rings. The van der Waals surface area contributed by atoms with Gasteiger partial charge in [0.25, 0.3) is 10.1 Å². The van der Waals surface area contributed by atoms with Crippen molar-refractivity contribution in [2.45, 2.75) is 19.8 Å². The third-order valence-electron chi connectivity index (χ3n) is 2.41. The topological polar surface area (TPSA) is 63.6 Å². The summed E-state index contributed by atoms with van der Waals surface area (Å²) in [6.07, 6.45) is 0.977. The molecule has 5 heteroatoms. The second-order valence-corrected chi connectivity index (χ2v) is 5.72. The van der Waals surface area contributed by atoms with E-state index in [4.69, 9.17) is 9.29 Å². The predicted octanol–water partition coefficient (Wildman–Crippen LogP) is 2.77. The molecule has 1 rings (SSSR count). The molecule has 1 aromatic rings. The van der Waals surface area contributed by atoms with Gasteiger partial charge in [0.05, 0.1) is 12.4 Å². The Morgan fingerprint density at radius 3 is 2.39 bits per heavy atom. The molecule has 1 N–H and O–H groups in total. The second-order valence-electron chi connectivity index (χ2n) is 4.15. The van der Waals surface area contributed by atoms with Gasteiger partial charge >= 0.3 is 0 Å². The normalized spacial score (nSPS) is 11.2. The van der Waals surface area contributed by atoms with Gasteiger partial charge in [0.15, 0.2) is 0 Å². The fourth-order valence-corrected chi connectivity index (χ4v) is 1.98. The maximum Gasteiger partial charge on any atom is 0.264 e. The summed E-state index contributed by atoms with van der Waals surface area (Å²) in [5, 5.41) is 0. The summed E-state index contributed by atoms with van der Waals surface area (Å²) in [7, 11) is -3.85. The minimum atomic E-state index is -3.85. The van der Waals surface area contributed by atoms with Crippen LogP contribution in [0.15, 0.2) is 30.8 Å². The van der Waals surface area contributed by atoms with Crippen molar-refractivity contribution in [1.82, 2.24) is 0 Å². The number of benzene rings is 1. The minimum Gasteiger partial charge on any atom is -0.494 e. The van der Waals surface area contributed by atoms with Gasteiger partial charge in [0, 0.05) is 0 Å². The van der Waals surface area contributed by atoms with E-state index < -0.39 is 10.1 Å². The molecule has 0 aliphatic carbocycles. The van der Waals surface area contributed by atoms with Crippen molar-refractivity contribution in [3.8, 4) is 5.75 Å². The van der Waals surface area contributed by atoms with E-state index >= 15 is 0 Å². The second kappa shape index (κ2) is 6.56. The van der Waals surface area contributed by atoms with Crippen LogP contribution in [0.3, 0.4) is 0 Å². The van der Waals surface area contributed by atoms with Crippen LogP contribution < -0.4 is 4.74 Å². The SMILES string of the molecule is C=C(C)c1ccc(OCCCCS(=O)(=O)O)cc1. The van der Waals surface area contributed by atoms with E-state index in [-0.39, 0.29) is 5.75 Å². The lowest BCUT2D eigenvalue weighted by Crippen LogP contribution is -2.06. The van der Waals surface area contributed by atoms with Gasteiger partial charge in [-0.3, -0.25) is 4.55 Å². The Bertz CT molecular complexity index is 488. The fraction of sp³-hybridized carbons (Fsp3) is 0.385. The van der Waals surface area contributed by atoms with Gasteiger partial charge in [-0.05, 0) is 37.5 Å². The van der Waals surface area contributed by atoms with Crippen molar-refractivity contribution < 1.29 is 17.7 Å². The minimum absolute atomic E-state index is 0.217. The molecule has 0 saturated heterocycles. The Labute approximate surface area is 108 Å². The lowest BCUT2D eigenvalue weighted by atomic mass is 10.1. The summed E-state index contributed by atoms with van der Waals surface area (Å²) in [5.74, 6) is 0.525. The molecule has 0 unspecified atom stereocenters. The Morgan fingerprint density at radius 2 is 1.89 bits per heavy atom. The molecule has 4 nitrogen and oxygen atoms in total. The summed E-state index contributed by atoms with van der Waals surface area (Å²) < 4.78 is 34.9. The molecular weight excluding hydrogens is 252 g/mol. The average Bonchev–Trinajstić information content (AvgIpc) is 2.27. The van der Waals surface area contributed by atoms with Gasteiger partial charge < -0.3 is 4.74 Å². The number of allylic oxidation sites excluding steroid dienone is 1. The third-order valence-corrected chi connectivity index (χ3v) is 3.22. The van der Waals surface area contributed by atoms with E-state index in [1.54, 1.807) is 0 Å². The molecule has 0 radical (unpaired) electrons. The van der Waals surface area contributed by atoms with E-state index in [0.717, 1.165) is 16.9 Å². The Kier molecular flexibility index (Phi) is 5.37. The van der Waals surface area contributed by atoms with Gasteiger partial charge in [0.2, 0.25) is 0 Å². The largest absolute Gasteiger partial charge is 0.494 e. The monoisotopic (exact) mass is 270 g/mol. The first-order chi connectivity index (χ1) is 8.38. The van der Waals surface area contributed by atoms with Crippen LogP contribution in [-0.4, -0.2) is 25.3 Å². The highest BCUT2D eigenvalue weighted by Crippen LogP contribution is 2.17. The van der Waals surface area contributed by atoms with Crippen LogP contribution in [-0.2, 0) is 10.1 Å². The summed E-state index contributed by atoms with van der Waals surface area (Å²) >= 11 is 0. The molecule has 0 aliphatic heterocycles. The first-order valence-electron chi connectivity index (χ1n) is 5.72. The van der Waals surface area contributed by atoms with Gasteiger partial charge in [0.1, 0.15) is 5.75 Å². The van der Waals surface area contributed by atoms with Crippen molar-refractivity contribution in [3.63, 3.8) is 0 Å². The number of unbranched alkanes of at least 4 members (excludes halogenated alkanes) is 1. The molecule has 0 fully saturated rings. The summed E-state index contributed by atoms with van der Waals surface area (Å²) in [4.78, 5) is 0. The van der Waals surface area contributed by atoms with E-state index in [1.807, 2.05) is 31.2 Å². The highest BCUT2D eigenvalue weighted by atomic mass is 32.2. The van der Waals surface area contributed by atoms with E-state index in [1.165, 1.54) is 0 Å². The standard InChI is InChI=1S/C13H18O4S/c1-11(2)12-5-7-13(8-6-12)17-9-3-4-10-18(14,15)16/h5-8H,1,3-4,9-10H2,2H3,(H,14,15,16). The number of rotatable bonds is 7. The smallest absolute Gasteiger partial charge is 0.264 e. The maximum absolute atomic E-state index is 10.5. The Hall–Kier alpha value is -1.33. The molecule has 100 valence electrons. The van der Waals surface area contributed by atoms with Crippen LogP contribution in [0.5, 0.6) is 5.75 Å². The number of hydrogen-bond donors (Lipinski definition) is 1. The first-order valence-corrected chi connectivity index (χ1v) is 7.33. The highest BCUT2D eigenvalue weighted by molar-refractivity contribution is 7.85. The Balaban J connectivity index is 2.29. The number of ether oxygens (including phenoxy) is 1. The van der Waals surface area contributed by atoms with Crippen molar-refractivity contribution >= 4 is 15.7 Å².